The fourth-order valence-electron chi connectivity index (χ4n) is 9.23. The SMILES string of the molecule is C=CCO[C@@]12Oc3ccc(Oc4ccc(SC)cc4)cc3[C@H]3[C@H](CCCCO)[C@@H](CCCCO)C=C(C(=NOC4CCCCO4)C[C@@H]1N(CCC)C(=O)OCCCl)[C@H]32. The van der Waals surface area contributed by atoms with Crippen molar-refractivity contribution in [2.75, 3.05) is 51.7 Å². The highest BCUT2D eigenvalue weighted by molar-refractivity contribution is 7.98. The number of oxime groups is 1. The van der Waals surface area contributed by atoms with Gasteiger partial charge < -0.3 is 38.7 Å². The lowest BCUT2D eigenvalue weighted by Gasteiger charge is -2.60. The molecule has 2 heterocycles. The van der Waals surface area contributed by atoms with Crippen molar-refractivity contribution in [2.45, 2.75) is 106 Å². The third-order valence-electron chi connectivity index (χ3n) is 11.7. The smallest absolute Gasteiger partial charge is 0.410 e. The van der Waals surface area contributed by atoms with Crippen LogP contribution in [-0.4, -0.2) is 96.8 Å². The predicted molar refractivity (Wildman–Crippen MR) is 227 cm³/mol. The van der Waals surface area contributed by atoms with E-state index in [-0.39, 0.29) is 56.5 Å². The Bertz CT molecular complexity index is 1700. The van der Waals surface area contributed by atoms with Crippen LogP contribution in [0, 0.1) is 17.8 Å². The molecule has 1 unspecified atom stereocenters. The summed E-state index contributed by atoms with van der Waals surface area (Å²) in [7, 11) is 0. The molecule has 2 aliphatic heterocycles. The van der Waals surface area contributed by atoms with Crippen LogP contribution in [0.1, 0.15) is 89.0 Å². The number of amides is 1. The van der Waals surface area contributed by atoms with Crippen LogP contribution in [0.2, 0.25) is 0 Å². The van der Waals surface area contributed by atoms with E-state index in [1.54, 1.807) is 22.7 Å². The first kappa shape index (κ1) is 44.3. The van der Waals surface area contributed by atoms with Crippen LogP contribution in [0.25, 0.3) is 0 Å². The molecule has 58 heavy (non-hydrogen) atoms. The Kier molecular flexibility index (Phi) is 16.7. The summed E-state index contributed by atoms with van der Waals surface area (Å²) in [4.78, 5) is 23.2. The lowest BCUT2D eigenvalue weighted by Crippen LogP contribution is -2.70. The fraction of sp³-hybridized carbons (Fsp3) is 0.600. The van der Waals surface area contributed by atoms with Gasteiger partial charge >= 0.3 is 6.09 Å². The van der Waals surface area contributed by atoms with Crippen LogP contribution < -0.4 is 9.47 Å². The lowest BCUT2D eigenvalue weighted by molar-refractivity contribution is -0.255. The zero-order valence-corrected chi connectivity index (χ0v) is 35.6. The normalized spacial score (nSPS) is 26.8. The largest absolute Gasteiger partial charge is 0.459 e. The van der Waals surface area contributed by atoms with Crippen molar-refractivity contribution >= 4 is 35.2 Å². The van der Waals surface area contributed by atoms with Gasteiger partial charge in [0.25, 0.3) is 0 Å². The molecule has 1 saturated carbocycles. The summed E-state index contributed by atoms with van der Waals surface area (Å²) < 4.78 is 32.5. The highest BCUT2D eigenvalue weighted by atomic mass is 35.5. The van der Waals surface area contributed by atoms with E-state index in [2.05, 4.69) is 18.7 Å². The summed E-state index contributed by atoms with van der Waals surface area (Å²) in [5.74, 6) is 0.386. The third-order valence-corrected chi connectivity index (χ3v) is 12.6. The van der Waals surface area contributed by atoms with Crippen molar-refractivity contribution < 1.29 is 43.5 Å². The Morgan fingerprint density at radius 2 is 1.86 bits per heavy atom. The van der Waals surface area contributed by atoms with Crippen LogP contribution >= 0.6 is 23.4 Å². The molecule has 13 heteroatoms. The highest BCUT2D eigenvalue weighted by Crippen LogP contribution is 2.62. The highest BCUT2D eigenvalue weighted by Gasteiger charge is 2.65. The van der Waals surface area contributed by atoms with Gasteiger partial charge in [0.2, 0.25) is 12.1 Å². The number of aliphatic hydroxyl groups is 2. The number of rotatable bonds is 21. The molecule has 0 spiro atoms. The number of unbranched alkanes of at least 4 members (excludes halogenated alkanes) is 2. The number of thioether (sulfide) groups is 1. The maximum absolute atomic E-state index is 14.1. The van der Waals surface area contributed by atoms with Crippen molar-refractivity contribution in [3.63, 3.8) is 0 Å². The van der Waals surface area contributed by atoms with E-state index in [1.165, 1.54) is 0 Å². The number of ether oxygens (including phenoxy) is 5. The number of carbonyl (C=O) groups excluding carboxylic acids is 1. The van der Waals surface area contributed by atoms with E-state index in [0.717, 1.165) is 66.7 Å². The first-order valence-corrected chi connectivity index (χ1v) is 22.8. The van der Waals surface area contributed by atoms with Crippen molar-refractivity contribution in [2.24, 2.45) is 22.9 Å². The topological polar surface area (TPSA) is 129 Å². The van der Waals surface area contributed by atoms with Gasteiger partial charge in [0.15, 0.2) is 0 Å². The average Bonchev–Trinajstić information content (AvgIpc) is 3.25. The lowest BCUT2D eigenvalue weighted by atomic mass is 9.55. The Labute approximate surface area is 353 Å². The Morgan fingerprint density at radius 3 is 2.55 bits per heavy atom. The summed E-state index contributed by atoms with van der Waals surface area (Å²) in [6.45, 7) is 7.48. The van der Waals surface area contributed by atoms with Gasteiger partial charge in [-0.2, -0.15) is 0 Å². The van der Waals surface area contributed by atoms with Crippen LogP contribution in [0.15, 0.2) is 76.8 Å². The van der Waals surface area contributed by atoms with Crippen LogP contribution in [0.4, 0.5) is 4.79 Å². The standard InChI is InChI=1S/C45H61ClN2O9S/c1-4-22-48(44(51)53-27-21-46)40-30-38(47-57-41-14-8-11-26-52-41)36-28-31(12-6-9-23-49)35(13-7-10-24-50)42-37-29-33(55-32-15-18-34(58-3)19-16-32)17-20-39(37)56-45(40,43(36)42)54-25-5-2/h5,15-20,28-29,31,35,40-43,49-50H,2,4,6-14,21-27,30H2,1,3H3/t31-,35+,40-,41?,42+,43+,45+/m0/s1. The minimum Gasteiger partial charge on any atom is -0.459 e. The number of nitrogens with zero attached hydrogens (tertiary/aromatic N) is 2. The second-order valence-corrected chi connectivity index (χ2v) is 16.7. The van der Waals surface area contributed by atoms with Gasteiger partial charge in [-0.3, -0.25) is 4.90 Å². The van der Waals surface area contributed by atoms with E-state index in [4.69, 9.17) is 45.3 Å². The summed E-state index contributed by atoms with van der Waals surface area (Å²) in [6, 6.07) is 13.3. The number of alkyl halides is 1. The predicted octanol–water partition coefficient (Wildman–Crippen LogP) is 9.45. The van der Waals surface area contributed by atoms with Crippen LogP contribution in [-0.2, 0) is 19.0 Å². The first-order valence-electron chi connectivity index (χ1n) is 21.1. The number of fused-ring (bicyclic) bond motifs is 2. The molecule has 0 radical (unpaired) electrons. The molecule has 4 aliphatic rings. The molecule has 1 saturated heterocycles. The zero-order valence-electron chi connectivity index (χ0n) is 34.0. The number of benzene rings is 2. The van der Waals surface area contributed by atoms with Crippen molar-refractivity contribution in [1.29, 1.82) is 0 Å². The molecular weight excluding hydrogens is 780 g/mol. The maximum atomic E-state index is 14.1. The number of carbonyl (C=O) groups is 1. The van der Waals surface area contributed by atoms with Crippen LogP contribution in [0.5, 0.6) is 17.2 Å². The van der Waals surface area contributed by atoms with Crippen LogP contribution in [0.3, 0.4) is 0 Å². The van der Waals surface area contributed by atoms with Gasteiger partial charge in [-0.15, -0.1) is 29.9 Å². The molecule has 6 rings (SSSR count). The monoisotopic (exact) mass is 840 g/mol. The number of allylic oxidation sites excluding steroid dienone is 1. The third kappa shape index (κ3) is 10.2. The van der Waals surface area contributed by atoms with E-state index in [1.807, 2.05) is 49.6 Å². The van der Waals surface area contributed by atoms with Gasteiger partial charge in [0.1, 0.15) is 29.9 Å². The Hall–Kier alpha value is -3.26. The maximum Gasteiger partial charge on any atom is 0.410 e. The molecule has 1 amide bonds. The fourth-order valence-corrected chi connectivity index (χ4v) is 9.72. The molecule has 2 aromatic carbocycles. The van der Waals surface area contributed by atoms with Crippen molar-refractivity contribution in [3.8, 4) is 17.2 Å². The second kappa shape index (κ2) is 21.8. The molecular formula is C45H61ClN2O9S. The molecule has 2 fully saturated rings. The number of hydrogen-bond donors (Lipinski definition) is 2. The number of aliphatic hydroxyl groups excluding tert-OH is 2. The Morgan fingerprint density at radius 1 is 1.09 bits per heavy atom. The molecule has 11 nitrogen and oxygen atoms in total. The summed E-state index contributed by atoms with van der Waals surface area (Å²) >= 11 is 7.71. The van der Waals surface area contributed by atoms with Crippen molar-refractivity contribution in [1.82, 2.24) is 4.90 Å². The summed E-state index contributed by atoms with van der Waals surface area (Å²) in [6.07, 6.45) is 13.5. The summed E-state index contributed by atoms with van der Waals surface area (Å²) in [5.41, 5.74) is 2.66. The molecule has 7 atom stereocenters. The van der Waals surface area contributed by atoms with E-state index in [0.29, 0.717) is 49.6 Å². The van der Waals surface area contributed by atoms with E-state index >= 15 is 0 Å². The molecule has 2 N–H and O–H groups in total. The van der Waals surface area contributed by atoms with Gasteiger partial charge in [-0.05, 0) is 111 Å². The van der Waals surface area contributed by atoms with Gasteiger partial charge in [0, 0.05) is 49.0 Å². The van der Waals surface area contributed by atoms with E-state index < -0.39 is 30.1 Å². The number of halogens is 1. The molecule has 2 aliphatic carbocycles. The molecule has 2 aromatic rings. The minimum atomic E-state index is -1.38. The molecule has 0 bridgehead atoms. The quantitative estimate of drug-likeness (QED) is 0.0413. The average molecular weight is 842 g/mol. The van der Waals surface area contributed by atoms with E-state index in [9.17, 15) is 15.0 Å². The minimum absolute atomic E-state index is 0.0586. The first-order chi connectivity index (χ1) is 28.4. The second-order valence-electron chi connectivity index (χ2n) is 15.4. The zero-order chi connectivity index (χ0) is 40.9. The molecule has 0 aromatic heterocycles. The molecule has 318 valence electrons. The van der Waals surface area contributed by atoms with Gasteiger partial charge in [-0.1, -0.05) is 37.1 Å². The van der Waals surface area contributed by atoms with Gasteiger partial charge in [-0.25, -0.2) is 4.79 Å². The Balaban J connectivity index is 1.56. The van der Waals surface area contributed by atoms with Crippen molar-refractivity contribution in [3.05, 3.63) is 72.3 Å². The summed E-state index contributed by atoms with van der Waals surface area (Å²) in [5, 5.41) is 24.7. The number of hydrogen-bond acceptors (Lipinski definition) is 11. The van der Waals surface area contributed by atoms with Gasteiger partial charge in [0.05, 0.1) is 30.7 Å².